The number of nitrogens with one attached hydrogen (secondary N) is 1. The van der Waals surface area contributed by atoms with E-state index in [1.807, 2.05) is 10.9 Å². The van der Waals surface area contributed by atoms with Gasteiger partial charge < -0.3 is 15.6 Å². The molecule has 4 rings (SSSR count). The summed E-state index contributed by atoms with van der Waals surface area (Å²) >= 11 is 5.86. The fraction of sp³-hybridized carbons (Fsp3) is 0.688. The van der Waals surface area contributed by atoms with Gasteiger partial charge in [0.25, 0.3) is 0 Å². The Hall–Kier alpha value is -1.44. The molecule has 2 aromatic heterocycles. The molecule has 0 amide bonds. The van der Waals surface area contributed by atoms with Crippen LogP contribution >= 0.6 is 11.6 Å². The molecule has 0 saturated heterocycles. The number of aryl methyl sites for hydroxylation is 1. The van der Waals surface area contributed by atoms with Gasteiger partial charge in [-0.2, -0.15) is 5.10 Å². The van der Waals surface area contributed by atoms with E-state index in [9.17, 15) is 0 Å². The number of halogens is 1. The van der Waals surface area contributed by atoms with Crippen LogP contribution in [0.3, 0.4) is 0 Å². The molecule has 0 atom stereocenters. The minimum atomic E-state index is 0.344. The second kappa shape index (κ2) is 6.82. The van der Waals surface area contributed by atoms with Gasteiger partial charge in [-0.25, -0.2) is 0 Å². The van der Waals surface area contributed by atoms with E-state index in [4.69, 9.17) is 17.3 Å². The fourth-order valence-corrected chi connectivity index (χ4v) is 3.52. The van der Waals surface area contributed by atoms with Gasteiger partial charge in [-0.05, 0) is 38.6 Å². The van der Waals surface area contributed by atoms with Crippen molar-refractivity contribution in [2.45, 2.75) is 63.2 Å². The van der Waals surface area contributed by atoms with E-state index in [1.54, 1.807) is 6.20 Å². The second-order valence-corrected chi connectivity index (χ2v) is 7.39. The maximum absolute atomic E-state index is 5.93. The van der Waals surface area contributed by atoms with Gasteiger partial charge in [0.05, 0.1) is 17.8 Å². The first-order chi connectivity index (χ1) is 11.7. The number of aromatic nitrogens is 5. The molecule has 0 aliphatic heterocycles. The first kappa shape index (κ1) is 16.1. The standard InChI is InChI=1S/C16H24ClN7/c17-12-8-20-23(10-12)5-1-4-19-9-15-21-22-16(11-6-13(18)7-11)24(15)14-2-3-14/h8,10-11,13-14,19H,1-7,9,18H2. The highest BCUT2D eigenvalue weighted by molar-refractivity contribution is 6.30. The lowest BCUT2D eigenvalue weighted by atomic mass is 9.80. The van der Waals surface area contributed by atoms with Crippen molar-refractivity contribution in [3.05, 3.63) is 29.1 Å². The summed E-state index contributed by atoms with van der Waals surface area (Å²) in [5.74, 6) is 2.73. The van der Waals surface area contributed by atoms with Gasteiger partial charge in [0, 0.05) is 30.7 Å². The highest BCUT2D eigenvalue weighted by Gasteiger charge is 2.36. The van der Waals surface area contributed by atoms with Crippen molar-refractivity contribution < 1.29 is 0 Å². The van der Waals surface area contributed by atoms with Gasteiger partial charge in [0.2, 0.25) is 0 Å². The van der Waals surface area contributed by atoms with Crippen LogP contribution in [0.15, 0.2) is 12.4 Å². The smallest absolute Gasteiger partial charge is 0.147 e. The van der Waals surface area contributed by atoms with Crippen molar-refractivity contribution in [1.29, 1.82) is 0 Å². The molecule has 2 saturated carbocycles. The molecule has 0 bridgehead atoms. The number of nitrogens with zero attached hydrogens (tertiary/aromatic N) is 5. The number of rotatable bonds is 8. The first-order valence-corrected chi connectivity index (χ1v) is 9.16. The average Bonchev–Trinajstić information content (AvgIpc) is 3.16. The molecular weight excluding hydrogens is 326 g/mol. The van der Waals surface area contributed by atoms with Gasteiger partial charge in [0.1, 0.15) is 11.6 Å². The van der Waals surface area contributed by atoms with E-state index >= 15 is 0 Å². The third-order valence-electron chi connectivity index (χ3n) is 4.87. The molecule has 3 N–H and O–H groups in total. The van der Waals surface area contributed by atoms with E-state index in [-0.39, 0.29) is 0 Å². The minimum absolute atomic E-state index is 0.344. The molecule has 2 aromatic rings. The zero-order valence-electron chi connectivity index (χ0n) is 13.7. The molecule has 0 spiro atoms. The molecule has 2 heterocycles. The summed E-state index contributed by atoms with van der Waals surface area (Å²) in [4.78, 5) is 0. The molecule has 0 aromatic carbocycles. The van der Waals surface area contributed by atoms with Gasteiger partial charge in [-0.1, -0.05) is 11.6 Å². The normalized spacial score (nSPS) is 23.4. The monoisotopic (exact) mass is 349 g/mol. The van der Waals surface area contributed by atoms with Crippen molar-refractivity contribution in [3.8, 4) is 0 Å². The third kappa shape index (κ3) is 3.48. The first-order valence-electron chi connectivity index (χ1n) is 8.78. The molecule has 130 valence electrons. The Morgan fingerprint density at radius 3 is 2.79 bits per heavy atom. The molecular formula is C16H24ClN7. The topological polar surface area (TPSA) is 86.6 Å². The number of nitrogens with two attached hydrogens (primary N) is 1. The van der Waals surface area contributed by atoms with Gasteiger partial charge in [0.15, 0.2) is 0 Å². The van der Waals surface area contributed by atoms with Crippen LogP contribution in [0.4, 0.5) is 0 Å². The lowest BCUT2D eigenvalue weighted by Gasteiger charge is -2.31. The SMILES string of the molecule is NC1CC(c2nnc(CNCCCn3cc(Cl)cn3)n2C2CC2)C1. The maximum Gasteiger partial charge on any atom is 0.147 e. The molecule has 0 unspecified atom stereocenters. The van der Waals surface area contributed by atoms with Crippen LogP contribution in [0.2, 0.25) is 5.02 Å². The van der Waals surface area contributed by atoms with Crippen molar-refractivity contribution >= 4 is 11.6 Å². The summed E-state index contributed by atoms with van der Waals surface area (Å²) in [5.41, 5.74) is 5.93. The second-order valence-electron chi connectivity index (χ2n) is 6.96. The van der Waals surface area contributed by atoms with Crippen LogP contribution in [0.5, 0.6) is 0 Å². The molecule has 7 nitrogen and oxygen atoms in total. The van der Waals surface area contributed by atoms with Crippen LogP contribution in [0, 0.1) is 0 Å². The zero-order valence-corrected chi connectivity index (χ0v) is 14.5. The summed E-state index contributed by atoms with van der Waals surface area (Å²) < 4.78 is 4.24. The summed E-state index contributed by atoms with van der Waals surface area (Å²) in [7, 11) is 0. The van der Waals surface area contributed by atoms with Crippen molar-refractivity contribution in [3.63, 3.8) is 0 Å². The van der Waals surface area contributed by atoms with Crippen LogP contribution in [0.25, 0.3) is 0 Å². The van der Waals surface area contributed by atoms with Gasteiger partial charge in [-0.3, -0.25) is 4.68 Å². The summed E-state index contributed by atoms with van der Waals surface area (Å²) in [6, 6.07) is 0.951. The Labute approximate surface area is 146 Å². The third-order valence-corrected chi connectivity index (χ3v) is 5.07. The number of hydrogen-bond donors (Lipinski definition) is 2. The van der Waals surface area contributed by atoms with Crippen molar-refractivity contribution in [2.24, 2.45) is 5.73 Å². The van der Waals surface area contributed by atoms with E-state index in [2.05, 4.69) is 25.2 Å². The quantitative estimate of drug-likeness (QED) is 0.710. The fourth-order valence-electron chi connectivity index (χ4n) is 3.37. The molecule has 2 fully saturated rings. The van der Waals surface area contributed by atoms with Crippen molar-refractivity contribution in [1.82, 2.24) is 29.9 Å². The Morgan fingerprint density at radius 2 is 2.12 bits per heavy atom. The lowest BCUT2D eigenvalue weighted by Crippen LogP contribution is -2.36. The van der Waals surface area contributed by atoms with Gasteiger partial charge in [-0.15, -0.1) is 10.2 Å². The Morgan fingerprint density at radius 1 is 1.29 bits per heavy atom. The highest BCUT2D eigenvalue weighted by atomic mass is 35.5. The highest BCUT2D eigenvalue weighted by Crippen LogP contribution is 2.42. The molecule has 2 aliphatic carbocycles. The summed E-state index contributed by atoms with van der Waals surface area (Å²) in [5, 5.41) is 17.3. The zero-order chi connectivity index (χ0) is 16.5. The average molecular weight is 350 g/mol. The predicted octanol–water partition coefficient (Wildman–Crippen LogP) is 1.85. The van der Waals surface area contributed by atoms with E-state index in [0.717, 1.165) is 50.5 Å². The molecule has 0 radical (unpaired) electrons. The summed E-state index contributed by atoms with van der Waals surface area (Å²) in [6.45, 7) is 2.54. The maximum atomic E-state index is 5.93. The number of hydrogen-bond acceptors (Lipinski definition) is 5. The van der Waals surface area contributed by atoms with Crippen LogP contribution in [-0.2, 0) is 13.1 Å². The van der Waals surface area contributed by atoms with Crippen LogP contribution in [-0.4, -0.2) is 37.1 Å². The van der Waals surface area contributed by atoms with Gasteiger partial charge >= 0.3 is 0 Å². The van der Waals surface area contributed by atoms with Crippen molar-refractivity contribution in [2.75, 3.05) is 6.54 Å². The summed E-state index contributed by atoms with van der Waals surface area (Å²) in [6.07, 6.45) is 9.10. The predicted molar refractivity (Wildman–Crippen MR) is 91.8 cm³/mol. The molecule has 8 heteroatoms. The molecule has 24 heavy (non-hydrogen) atoms. The van der Waals surface area contributed by atoms with Crippen LogP contribution in [0.1, 0.15) is 55.7 Å². The molecule has 2 aliphatic rings. The van der Waals surface area contributed by atoms with E-state index in [0.29, 0.717) is 23.0 Å². The minimum Gasteiger partial charge on any atom is -0.328 e. The van der Waals surface area contributed by atoms with E-state index < -0.39 is 0 Å². The van der Waals surface area contributed by atoms with E-state index in [1.165, 1.54) is 12.8 Å². The largest absolute Gasteiger partial charge is 0.328 e. The van der Waals surface area contributed by atoms with Crippen LogP contribution < -0.4 is 11.1 Å². The Balaban J connectivity index is 1.28. The Kier molecular flexibility index (Phi) is 4.56. The lowest BCUT2D eigenvalue weighted by molar-refractivity contribution is 0.327. The Bertz CT molecular complexity index is 684.